The third-order valence-electron chi connectivity index (χ3n) is 5.72. The Bertz CT molecular complexity index is 1280. The van der Waals surface area contributed by atoms with Crippen LogP contribution in [0.15, 0.2) is 53.0 Å². The summed E-state index contributed by atoms with van der Waals surface area (Å²) in [6.07, 6.45) is -1.78. The number of methoxy groups -OCH3 is 1. The number of hydrogen-bond donors (Lipinski definition) is 1. The minimum absolute atomic E-state index is 0.0790. The van der Waals surface area contributed by atoms with Gasteiger partial charge in [-0.3, -0.25) is 4.79 Å². The molecule has 3 aromatic rings. The second kappa shape index (κ2) is 9.77. The van der Waals surface area contributed by atoms with Crippen LogP contribution in [0.5, 0.6) is 11.5 Å². The van der Waals surface area contributed by atoms with Gasteiger partial charge in [-0.1, -0.05) is 40.2 Å². The highest BCUT2D eigenvalue weighted by atomic mass is 79.9. The number of benzene rings is 3. The zero-order valence-corrected chi connectivity index (χ0v) is 22.1. The van der Waals surface area contributed by atoms with Gasteiger partial charge in [-0.25, -0.2) is 4.79 Å². The lowest BCUT2D eigenvalue weighted by Crippen LogP contribution is -2.47. The molecule has 0 bridgehead atoms. The third kappa shape index (κ3) is 5.37. The number of hydrogen-bond acceptors (Lipinski definition) is 5. The monoisotopic (exact) mass is 540 g/mol. The molecule has 1 aliphatic rings. The summed E-state index contributed by atoms with van der Waals surface area (Å²) in [4.78, 5) is 27.9. The average molecular weight is 541 g/mol. The second-order valence-corrected chi connectivity index (χ2v) is 10.5. The van der Waals surface area contributed by atoms with Crippen LogP contribution < -0.4 is 19.7 Å². The predicted octanol–water partition coefficient (Wildman–Crippen LogP) is 5.74. The zero-order valence-electron chi connectivity index (χ0n) is 20.5. The van der Waals surface area contributed by atoms with E-state index in [0.29, 0.717) is 17.2 Å². The third-order valence-corrected chi connectivity index (χ3v) is 6.21. The van der Waals surface area contributed by atoms with Gasteiger partial charge < -0.3 is 24.4 Å². The first-order valence-corrected chi connectivity index (χ1v) is 12.1. The number of alkyl carbamates (subject to hydrolysis) is 1. The van der Waals surface area contributed by atoms with Crippen LogP contribution in [0.2, 0.25) is 0 Å². The Morgan fingerprint density at radius 2 is 1.97 bits per heavy atom. The molecule has 35 heavy (non-hydrogen) atoms. The van der Waals surface area contributed by atoms with Gasteiger partial charge in [0, 0.05) is 15.6 Å². The molecule has 0 aromatic heterocycles. The highest BCUT2D eigenvalue weighted by Crippen LogP contribution is 2.38. The fourth-order valence-electron chi connectivity index (χ4n) is 4.13. The number of aryl methyl sites for hydroxylation is 1. The Balaban J connectivity index is 1.77. The SMILES string of the molecule is COc1ccc2cc(Br)ccc2c1CN1C(=O)[C@@H](OC(=O)NC(C)(C)C)COc2c(C)cccc21. The summed E-state index contributed by atoms with van der Waals surface area (Å²) in [6.45, 7) is 7.58. The number of halogens is 1. The standard InChI is InChI=1S/C27H29BrN2O5/c1-16-7-6-8-21-24(16)34-15-23(35-26(32)29-27(2,3)4)25(31)30(21)14-20-19-11-10-18(28)13-17(19)9-12-22(20)33-5/h6-13,23H,14-15H2,1-5H3,(H,29,32)/t23-/m0/s1. The van der Waals surface area contributed by atoms with Gasteiger partial charge in [-0.15, -0.1) is 0 Å². The van der Waals surface area contributed by atoms with Crippen molar-refractivity contribution in [2.45, 2.75) is 45.9 Å². The molecule has 1 atom stereocenters. The molecule has 0 fully saturated rings. The van der Waals surface area contributed by atoms with E-state index in [1.165, 1.54) is 0 Å². The summed E-state index contributed by atoms with van der Waals surface area (Å²) in [5.41, 5.74) is 1.84. The van der Waals surface area contributed by atoms with Crippen molar-refractivity contribution in [1.82, 2.24) is 5.32 Å². The first-order valence-electron chi connectivity index (χ1n) is 11.3. The Kier molecular flexibility index (Phi) is 6.94. The van der Waals surface area contributed by atoms with Crippen LogP contribution in [0.4, 0.5) is 10.5 Å². The van der Waals surface area contributed by atoms with Crippen LogP contribution in [0.3, 0.4) is 0 Å². The van der Waals surface area contributed by atoms with Crippen LogP contribution in [0.25, 0.3) is 10.8 Å². The van der Waals surface area contributed by atoms with Gasteiger partial charge in [0.05, 0.1) is 19.3 Å². The summed E-state index contributed by atoms with van der Waals surface area (Å²) < 4.78 is 18.2. The van der Waals surface area contributed by atoms with Crippen molar-refractivity contribution in [3.05, 3.63) is 64.1 Å². The van der Waals surface area contributed by atoms with Crippen LogP contribution in [-0.4, -0.2) is 37.4 Å². The summed E-state index contributed by atoms with van der Waals surface area (Å²) in [7, 11) is 1.61. The maximum atomic E-state index is 13.8. The van der Waals surface area contributed by atoms with E-state index in [1.807, 2.05) is 76.2 Å². The molecule has 0 unspecified atom stereocenters. The van der Waals surface area contributed by atoms with Gasteiger partial charge in [0.25, 0.3) is 5.91 Å². The molecule has 0 radical (unpaired) electrons. The van der Waals surface area contributed by atoms with Crippen LogP contribution >= 0.6 is 15.9 Å². The topological polar surface area (TPSA) is 77.1 Å². The maximum Gasteiger partial charge on any atom is 0.408 e. The minimum atomic E-state index is -1.11. The molecular weight excluding hydrogens is 512 g/mol. The molecule has 1 N–H and O–H groups in total. The van der Waals surface area contributed by atoms with Gasteiger partial charge in [0.15, 0.2) is 0 Å². The van der Waals surface area contributed by atoms with E-state index >= 15 is 0 Å². The number of nitrogens with zero attached hydrogens (tertiary/aromatic N) is 1. The van der Waals surface area contributed by atoms with Crippen LogP contribution in [0, 0.1) is 6.92 Å². The Morgan fingerprint density at radius 1 is 1.20 bits per heavy atom. The second-order valence-electron chi connectivity index (χ2n) is 9.54. The molecule has 3 aromatic carbocycles. The lowest BCUT2D eigenvalue weighted by atomic mass is 10.0. The molecule has 0 spiro atoms. The highest BCUT2D eigenvalue weighted by molar-refractivity contribution is 9.10. The quantitative estimate of drug-likeness (QED) is 0.456. The summed E-state index contributed by atoms with van der Waals surface area (Å²) in [6, 6.07) is 15.5. The van der Waals surface area contributed by atoms with Crippen molar-refractivity contribution < 1.29 is 23.8 Å². The number of amides is 2. The van der Waals surface area contributed by atoms with Crippen LogP contribution in [0.1, 0.15) is 31.9 Å². The average Bonchev–Trinajstić information content (AvgIpc) is 2.90. The van der Waals surface area contributed by atoms with Crippen molar-refractivity contribution >= 4 is 44.4 Å². The molecule has 184 valence electrons. The van der Waals surface area contributed by atoms with Gasteiger partial charge >= 0.3 is 6.09 Å². The molecule has 8 heteroatoms. The van der Waals surface area contributed by atoms with E-state index < -0.39 is 17.7 Å². The lowest BCUT2D eigenvalue weighted by molar-refractivity contribution is -0.128. The summed E-state index contributed by atoms with van der Waals surface area (Å²) in [5, 5.41) is 4.71. The fraction of sp³-hybridized carbons (Fsp3) is 0.333. The van der Waals surface area contributed by atoms with Crippen molar-refractivity contribution in [3.63, 3.8) is 0 Å². The number of carbonyl (C=O) groups excluding carboxylic acids is 2. The van der Waals surface area contributed by atoms with Gasteiger partial charge in [-0.2, -0.15) is 0 Å². The lowest BCUT2D eigenvalue weighted by Gasteiger charge is -2.27. The number of fused-ring (bicyclic) bond motifs is 2. The normalized spacial score (nSPS) is 15.8. The van der Waals surface area contributed by atoms with Crippen molar-refractivity contribution in [3.8, 4) is 11.5 Å². The minimum Gasteiger partial charge on any atom is -0.496 e. The van der Waals surface area contributed by atoms with Gasteiger partial charge in [0.1, 0.15) is 18.1 Å². The Labute approximate surface area is 213 Å². The van der Waals surface area contributed by atoms with E-state index in [9.17, 15) is 9.59 Å². The zero-order chi connectivity index (χ0) is 25.3. The summed E-state index contributed by atoms with van der Waals surface area (Å²) in [5.74, 6) is 0.884. The number of para-hydroxylation sites is 1. The van der Waals surface area contributed by atoms with E-state index in [4.69, 9.17) is 14.2 Å². The van der Waals surface area contributed by atoms with Crippen molar-refractivity contribution in [2.75, 3.05) is 18.6 Å². The highest BCUT2D eigenvalue weighted by Gasteiger charge is 2.36. The molecule has 1 heterocycles. The first kappa shape index (κ1) is 24.9. The Hall–Kier alpha value is -3.26. The molecule has 7 nitrogen and oxygen atoms in total. The van der Waals surface area contributed by atoms with E-state index in [-0.39, 0.29) is 19.1 Å². The fourth-order valence-corrected chi connectivity index (χ4v) is 4.51. The largest absolute Gasteiger partial charge is 0.496 e. The van der Waals surface area contributed by atoms with Gasteiger partial charge in [-0.05, 0) is 68.3 Å². The maximum absolute atomic E-state index is 13.8. The molecule has 0 saturated carbocycles. The number of nitrogens with one attached hydrogen (secondary N) is 1. The number of rotatable bonds is 4. The molecular formula is C27H29BrN2O5. The molecule has 0 saturated heterocycles. The first-order chi connectivity index (χ1) is 16.6. The number of carbonyl (C=O) groups is 2. The van der Waals surface area contributed by atoms with E-state index in [1.54, 1.807) is 12.0 Å². The molecule has 0 aliphatic carbocycles. The van der Waals surface area contributed by atoms with Crippen molar-refractivity contribution in [1.29, 1.82) is 0 Å². The summed E-state index contributed by atoms with van der Waals surface area (Å²) >= 11 is 3.52. The predicted molar refractivity (Wildman–Crippen MR) is 139 cm³/mol. The van der Waals surface area contributed by atoms with E-state index in [0.717, 1.165) is 26.4 Å². The molecule has 4 rings (SSSR count). The van der Waals surface area contributed by atoms with Gasteiger partial charge in [0.2, 0.25) is 6.10 Å². The van der Waals surface area contributed by atoms with Crippen LogP contribution in [-0.2, 0) is 16.1 Å². The number of anilines is 1. The molecule has 2 amide bonds. The molecule has 1 aliphatic heterocycles. The smallest absolute Gasteiger partial charge is 0.408 e. The van der Waals surface area contributed by atoms with E-state index in [2.05, 4.69) is 21.2 Å². The number of ether oxygens (including phenoxy) is 3. The van der Waals surface area contributed by atoms with Crippen molar-refractivity contribution in [2.24, 2.45) is 0 Å². The Morgan fingerprint density at radius 3 is 2.69 bits per heavy atom.